The number of para-hydroxylation sites is 1. The third-order valence-electron chi connectivity index (χ3n) is 3.08. The Hall–Kier alpha value is -1.88. The first-order valence-corrected chi connectivity index (χ1v) is 6.55. The van der Waals surface area contributed by atoms with E-state index in [0.717, 1.165) is 16.8 Å². The molecule has 0 unspecified atom stereocenters. The molecule has 0 atom stereocenters. The number of amides is 1. The second-order valence-electron chi connectivity index (χ2n) is 4.88. The average molecular weight is 278 g/mol. The molecule has 0 bridgehead atoms. The summed E-state index contributed by atoms with van der Waals surface area (Å²) in [5.74, 6) is -0.359. The summed E-state index contributed by atoms with van der Waals surface area (Å²) in [6.45, 7) is 4.66. The monoisotopic (exact) mass is 278 g/mol. The fourth-order valence-electron chi connectivity index (χ4n) is 1.90. The average Bonchev–Trinajstić information content (AvgIpc) is 2.40. The Morgan fingerprint density at radius 2 is 1.85 bits per heavy atom. The van der Waals surface area contributed by atoms with Crippen LogP contribution in [0.3, 0.4) is 0 Å². The predicted molar refractivity (Wildman–Crippen MR) is 78.7 cm³/mol. The van der Waals surface area contributed by atoms with E-state index in [1.807, 2.05) is 32.0 Å². The van der Waals surface area contributed by atoms with Crippen molar-refractivity contribution in [3.05, 3.63) is 29.3 Å². The zero-order chi connectivity index (χ0) is 15.1. The maximum Gasteiger partial charge on any atom is 0.306 e. The van der Waals surface area contributed by atoms with Crippen molar-refractivity contribution in [2.75, 3.05) is 32.6 Å². The molecular weight excluding hydrogens is 256 g/mol. The number of nitrogens with one attached hydrogen (secondary N) is 1. The van der Waals surface area contributed by atoms with Crippen LogP contribution in [0, 0.1) is 13.8 Å². The largest absolute Gasteiger partial charge is 0.469 e. The van der Waals surface area contributed by atoms with Crippen LogP contribution < -0.4 is 5.32 Å². The SMILES string of the molecule is COC(=O)CCN(C)CC(=O)Nc1c(C)cccc1C. The highest BCUT2D eigenvalue weighted by atomic mass is 16.5. The van der Waals surface area contributed by atoms with E-state index in [1.54, 1.807) is 11.9 Å². The first-order valence-electron chi connectivity index (χ1n) is 6.55. The van der Waals surface area contributed by atoms with Gasteiger partial charge in [0.1, 0.15) is 0 Å². The Morgan fingerprint density at radius 3 is 2.40 bits per heavy atom. The van der Waals surface area contributed by atoms with Crippen molar-refractivity contribution in [2.24, 2.45) is 0 Å². The van der Waals surface area contributed by atoms with E-state index in [1.165, 1.54) is 7.11 Å². The number of esters is 1. The molecule has 20 heavy (non-hydrogen) atoms. The highest BCUT2D eigenvalue weighted by Gasteiger charge is 2.11. The molecule has 5 nitrogen and oxygen atoms in total. The van der Waals surface area contributed by atoms with Crippen LogP contribution in [-0.4, -0.2) is 44.0 Å². The van der Waals surface area contributed by atoms with E-state index in [2.05, 4.69) is 10.1 Å². The molecule has 1 N–H and O–H groups in total. The lowest BCUT2D eigenvalue weighted by atomic mass is 10.1. The number of nitrogens with zero attached hydrogens (tertiary/aromatic N) is 1. The quantitative estimate of drug-likeness (QED) is 0.805. The lowest BCUT2D eigenvalue weighted by Gasteiger charge is -2.17. The third kappa shape index (κ3) is 5.01. The summed E-state index contributed by atoms with van der Waals surface area (Å²) in [7, 11) is 3.16. The summed E-state index contributed by atoms with van der Waals surface area (Å²) >= 11 is 0. The van der Waals surface area contributed by atoms with Gasteiger partial charge in [-0.3, -0.25) is 14.5 Å². The molecule has 1 aromatic rings. The van der Waals surface area contributed by atoms with E-state index in [9.17, 15) is 9.59 Å². The summed E-state index contributed by atoms with van der Waals surface area (Å²) < 4.78 is 4.57. The van der Waals surface area contributed by atoms with Gasteiger partial charge in [-0.15, -0.1) is 0 Å². The Bertz CT molecular complexity index is 466. The van der Waals surface area contributed by atoms with Crippen LogP contribution in [0.15, 0.2) is 18.2 Å². The fourth-order valence-corrected chi connectivity index (χ4v) is 1.90. The van der Waals surface area contributed by atoms with Gasteiger partial charge in [-0.25, -0.2) is 0 Å². The van der Waals surface area contributed by atoms with E-state index in [-0.39, 0.29) is 24.8 Å². The van der Waals surface area contributed by atoms with Gasteiger partial charge in [0.25, 0.3) is 0 Å². The Kier molecular flexibility index (Phi) is 6.18. The molecule has 1 aromatic carbocycles. The number of aryl methyl sites for hydroxylation is 2. The number of benzene rings is 1. The van der Waals surface area contributed by atoms with Gasteiger partial charge >= 0.3 is 5.97 Å². The highest BCUT2D eigenvalue weighted by Crippen LogP contribution is 2.19. The van der Waals surface area contributed by atoms with Crippen molar-refractivity contribution in [3.63, 3.8) is 0 Å². The summed E-state index contributed by atoms with van der Waals surface area (Å²) in [5, 5.41) is 2.91. The third-order valence-corrected chi connectivity index (χ3v) is 3.08. The van der Waals surface area contributed by atoms with E-state index in [4.69, 9.17) is 0 Å². The number of hydrogen-bond donors (Lipinski definition) is 1. The highest BCUT2D eigenvalue weighted by molar-refractivity contribution is 5.93. The molecule has 0 saturated heterocycles. The topological polar surface area (TPSA) is 58.6 Å². The van der Waals surface area contributed by atoms with Crippen molar-refractivity contribution >= 4 is 17.6 Å². The van der Waals surface area contributed by atoms with Gasteiger partial charge in [-0.1, -0.05) is 18.2 Å². The predicted octanol–water partition coefficient (Wildman–Crippen LogP) is 1.74. The first kappa shape index (κ1) is 16.2. The standard InChI is InChI=1S/C15H22N2O3/c1-11-6-5-7-12(2)15(11)16-13(18)10-17(3)9-8-14(19)20-4/h5-7H,8-10H2,1-4H3,(H,16,18). The van der Waals surface area contributed by atoms with E-state index < -0.39 is 0 Å². The van der Waals surface area contributed by atoms with Crippen molar-refractivity contribution in [2.45, 2.75) is 20.3 Å². The molecule has 0 fully saturated rings. The fraction of sp³-hybridized carbons (Fsp3) is 0.467. The van der Waals surface area contributed by atoms with Crippen LogP contribution in [-0.2, 0) is 14.3 Å². The molecule has 1 rings (SSSR count). The molecule has 1 amide bonds. The van der Waals surface area contributed by atoms with Crippen molar-refractivity contribution in [3.8, 4) is 0 Å². The maximum atomic E-state index is 12.0. The lowest BCUT2D eigenvalue weighted by molar-refractivity contribution is -0.141. The summed E-state index contributed by atoms with van der Waals surface area (Å²) in [5.41, 5.74) is 2.94. The molecule has 0 aliphatic carbocycles. The maximum absolute atomic E-state index is 12.0. The van der Waals surface area contributed by atoms with Gasteiger partial charge in [-0.05, 0) is 32.0 Å². The van der Waals surface area contributed by atoms with Gasteiger partial charge in [0.05, 0.1) is 20.1 Å². The van der Waals surface area contributed by atoms with Crippen LogP contribution in [0.2, 0.25) is 0 Å². The molecule has 0 spiro atoms. The minimum Gasteiger partial charge on any atom is -0.469 e. The Balaban J connectivity index is 2.49. The molecule has 110 valence electrons. The molecule has 0 aliphatic rings. The number of rotatable bonds is 6. The van der Waals surface area contributed by atoms with Gasteiger partial charge in [0.2, 0.25) is 5.91 Å². The zero-order valence-corrected chi connectivity index (χ0v) is 12.5. The van der Waals surface area contributed by atoms with E-state index in [0.29, 0.717) is 6.54 Å². The number of carbonyl (C=O) groups is 2. The van der Waals surface area contributed by atoms with Crippen LogP contribution in [0.25, 0.3) is 0 Å². The molecule has 0 radical (unpaired) electrons. The van der Waals surface area contributed by atoms with Crippen LogP contribution in [0.5, 0.6) is 0 Å². The van der Waals surface area contributed by atoms with E-state index >= 15 is 0 Å². The van der Waals surface area contributed by atoms with Gasteiger partial charge in [0, 0.05) is 12.2 Å². The summed E-state index contributed by atoms with van der Waals surface area (Å²) in [6.07, 6.45) is 0.281. The summed E-state index contributed by atoms with van der Waals surface area (Å²) in [4.78, 5) is 24.8. The van der Waals surface area contributed by atoms with Crippen molar-refractivity contribution in [1.82, 2.24) is 4.90 Å². The van der Waals surface area contributed by atoms with Gasteiger partial charge in [-0.2, -0.15) is 0 Å². The van der Waals surface area contributed by atoms with Crippen molar-refractivity contribution < 1.29 is 14.3 Å². The second-order valence-corrected chi connectivity index (χ2v) is 4.88. The number of anilines is 1. The van der Waals surface area contributed by atoms with Crippen molar-refractivity contribution in [1.29, 1.82) is 0 Å². The Labute approximate surface area is 119 Å². The minimum atomic E-state index is -0.271. The Morgan fingerprint density at radius 1 is 1.25 bits per heavy atom. The van der Waals surface area contributed by atoms with Crippen LogP contribution >= 0.6 is 0 Å². The molecule has 0 heterocycles. The molecule has 0 aliphatic heterocycles. The molecule has 5 heteroatoms. The molecular formula is C15H22N2O3. The van der Waals surface area contributed by atoms with Gasteiger partial charge < -0.3 is 10.1 Å². The lowest BCUT2D eigenvalue weighted by Crippen LogP contribution is -2.32. The van der Waals surface area contributed by atoms with Crippen LogP contribution in [0.1, 0.15) is 17.5 Å². The molecule has 0 aromatic heterocycles. The normalized spacial score (nSPS) is 10.4. The van der Waals surface area contributed by atoms with Crippen LogP contribution in [0.4, 0.5) is 5.69 Å². The summed E-state index contributed by atoms with van der Waals surface area (Å²) in [6, 6.07) is 5.88. The number of likely N-dealkylation sites (N-methyl/N-ethyl adjacent to an activating group) is 1. The zero-order valence-electron chi connectivity index (χ0n) is 12.5. The second kappa shape index (κ2) is 7.65. The number of hydrogen-bond acceptors (Lipinski definition) is 4. The first-order chi connectivity index (χ1) is 9.43. The minimum absolute atomic E-state index is 0.0882. The number of methoxy groups -OCH3 is 1. The smallest absolute Gasteiger partial charge is 0.306 e. The molecule has 0 saturated carbocycles. The number of ether oxygens (including phenoxy) is 1. The number of carbonyl (C=O) groups excluding carboxylic acids is 2. The van der Waals surface area contributed by atoms with Gasteiger partial charge in [0.15, 0.2) is 0 Å².